The van der Waals surface area contributed by atoms with Crippen molar-refractivity contribution in [3.63, 3.8) is 0 Å². The van der Waals surface area contributed by atoms with Crippen molar-refractivity contribution in [2.45, 2.75) is 19.8 Å². The van der Waals surface area contributed by atoms with Gasteiger partial charge in [0.15, 0.2) is 5.78 Å². The Morgan fingerprint density at radius 3 is 2.56 bits per heavy atom. The summed E-state index contributed by atoms with van der Waals surface area (Å²) in [6.07, 6.45) is -0.0169. The molecule has 1 aromatic rings. The number of methoxy groups -OCH3 is 1. The fourth-order valence-electron chi connectivity index (χ4n) is 1.43. The van der Waals surface area contributed by atoms with E-state index in [1.807, 2.05) is 0 Å². The lowest BCUT2D eigenvalue weighted by atomic mass is 10.1. The van der Waals surface area contributed by atoms with Gasteiger partial charge in [-0.1, -0.05) is 0 Å². The third kappa shape index (κ3) is 4.16. The van der Waals surface area contributed by atoms with Gasteiger partial charge >= 0.3 is 5.97 Å². The average Bonchev–Trinajstić information content (AvgIpc) is 2.35. The van der Waals surface area contributed by atoms with Crippen LogP contribution in [-0.4, -0.2) is 25.5 Å². The Hall–Kier alpha value is -1.91. The molecule has 1 aromatic carbocycles. The van der Waals surface area contributed by atoms with Gasteiger partial charge < -0.3 is 9.47 Å². The van der Waals surface area contributed by atoms with Gasteiger partial charge in [0.1, 0.15) is 11.6 Å². The van der Waals surface area contributed by atoms with Crippen molar-refractivity contribution in [3.05, 3.63) is 29.6 Å². The fraction of sp³-hybridized carbons (Fsp3) is 0.385. The third-order valence-electron chi connectivity index (χ3n) is 2.29. The zero-order valence-corrected chi connectivity index (χ0v) is 10.4. The van der Waals surface area contributed by atoms with Crippen LogP contribution in [0.15, 0.2) is 18.2 Å². The molecule has 98 valence electrons. The monoisotopic (exact) mass is 254 g/mol. The van der Waals surface area contributed by atoms with E-state index >= 15 is 0 Å². The van der Waals surface area contributed by atoms with E-state index in [0.717, 1.165) is 6.07 Å². The van der Waals surface area contributed by atoms with Crippen LogP contribution in [0.25, 0.3) is 0 Å². The second-order valence-electron chi connectivity index (χ2n) is 3.61. The molecule has 0 spiro atoms. The topological polar surface area (TPSA) is 52.6 Å². The van der Waals surface area contributed by atoms with Gasteiger partial charge in [-0.25, -0.2) is 4.39 Å². The molecule has 0 radical (unpaired) electrons. The maximum absolute atomic E-state index is 13.2. The number of ether oxygens (including phenoxy) is 2. The molecule has 5 heteroatoms. The zero-order chi connectivity index (χ0) is 13.5. The molecule has 0 saturated carbocycles. The second-order valence-corrected chi connectivity index (χ2v) is 3.61. The van der Waals surface area contributed by atoms with Crippen LogP contribution in [0.5, 0.6) is 5.75 Å². The van der Waals surface area contributed by atoms with Gasteiger partial charge in [0.05, 0.1) is 20.1 Å². The van der Waals surface area contributed by atoms with E-state index in [2.05, 4.69) is 0 Å². The first-order valence-electron chi connectivity index (χ1n) is 5.60. The van der Waals surface area contributed by atoms with Gasteiger partial charge in [-0.15, -0.1) is 0 Å². The molecule has 4 nitrogen and oxygen atoms in total. The number of benzene rings is 1. The number of hydrogen-bond donors (Lipinski definition) is 0. The summed E-state index contributed by atoms with van der Waals surface area (Å²) in [5.41, 5.74) is 0.191. The predicted molar refractivity (Wildman–Crippen MR) is 63.1 cm³/mol. The number of halogens is 1. The summed E-state index contributed by atoms with van der Waals surface area (Å²) >= 11 is 0. The number of esters is 1. The van der Waals surface area contributed by atoms with Gasteiger partial charge in [0.25, 0.3) is 0 Å². The molecule has 0 unspecified atom stereocenters. The van der Waals surface area contributed by atoms with Gasteiger partial charge in [0, 0.05) is 18.1 Å². The summed E-state index contributed by atoms with van der Waals surface area (Å²) in [4.78, 5) is 22.8. The van der Waals surface area contributed by atoms with E-state index in [9.17, 15) is 14.0 Å². The number of Topliss-reactive ketones (excluding diaryl/α,β-unsaturated/α-hetero) is 1. The lowest BCUT2D eigenvalue weighted by Gasteiger charge is -2.05. The van der Waals surface area contributed by atoms with Crippen molar-refractivity contribution < 1.29 is 23.5 Å². The third-order valence-corrected chi connectivity index (χ3v) is 2.29. The van der Waals surface area contributed by atoms with Gasteiger partial charge in [-0.2, -0.15) is 0 Å². The lowest BCUT2D eigenvalue weighted by molar-refractivity contribution is -0.143. The second kappa shape index (κ2) is 6.74. The minimum atomic E-state index is -0.547. The number of hydrogen-bond acceptors (Lipinski definition) is 4. The highest BCUT2D eigenvalue weighted by atomic mass is 19.1. The van der Waals surface area contributed by atoms with Crippen molar-refractivity contribution in [1.29, 1.82) is 0 Å². The van der Waals surface area contributed by atoms with Crippen molar-refractivity contribution >= 4 is 11.8 Å². The molecule has 0 aromatic heterocycles. The first kappa shape index (κ1) is 14.2. The minimum absolute atomic E-state index is 0.00843. The summed E-state index contributed by atoms with van der Waals surface area (Å²) in [7, 11) is 1.39. The molecular weight excluding hydrogens is 239 g/mol. The molecule has 0 amide bonds. The SMILES string of the molecule is CCOC(=O)CCC(=O)c1cc(F)cc(OC)c1. The van der Waals surface area contributed by atoms with E-state index in [-0.39, 0.29) is 36.5 Å². The normalized spacial score (nSPS) is 9.94. The van der Waals surface area contributed by atoms with Gasteiger partial charge in [-0.3, -0.25) is 9.59 Å². The van der Waals surface area contributed by atoms with Crippen molar-refractivity contribution in [2.24, 2.45) is 0 Å². The van der Waals surface area contributed by atoms with Crippen LogP contribution in [0.2, 0.25) is 0 Å². The summed E-state index contributed by atoms with van der Waals surface area (Å²) in [6.45, 7) is 1.97. The molecule has 0 aliphatic rings. The van der Waals surface area contributed by atoms with Gasteiger partial charge in [0.2, 0.25) is 0 Å². The average molecular weight is 254 g/mol. The molecule has 0 aliphatic carbocycles. The molecule has 0 heterocycles. The molecule has 0 bridgehead atoms. The van der Waals surface area contributed by atoms with Crippen LogP contribution in [0.1, 0.15) is 30.1 Å². The summed E-state index contributed by atoms with van der Waals surface area (Å²) < 4.78 is 22.7. The number of rotatable bonds is 6. The number of ketones is 1. The number of carbonyl (C=O) groups excluding carboxylic acids is 2. The summed E-state index contributed by atoms with van der Waals surface area (Å²) in [6, 6.07) is 3.74. The molecule has 0 N–H and O–H groups in total. The van der Waals surface area contributed by atoms with Crippen molar-refractivity contribution in [2.75, 3.05) is 13.7 Å². The molecule has 1 rings (SSSR count). The number of carbonyl (C=O) groups is 2. The van der Waals surface area contributed by atoms with E-state index in [1.165, 1.54) is 19.2 Å². The molecule has 0 saturated heterocycles. The molecule has 0 aliphatic heterocycles. The first-order valence-corrected chi connectivity index (χ1v) is 5.60. The molecule has 0 fully saturated rings. The first-order chi connectivity index (χ1) is 8.56. The van der Waals surface area contributed by atoms with Crippen LogP contribution in [0, 0.1) is 5.82 Å². The van der Waals surface area contributed by atoms with Crippen LogP contribution in [-0.2, 0) is 9.53 Å². The van der Waals surface area contributed by atoms with Crippen LogP contribution >= 0.6 is 0 Å². The van der Waals surface area contributed by atoms with Crippen LogP contribution < -0.4 is 4.74 Å². The highest BCUT2D eigenvalue weighted by Gasteiger charge is 2.12. The lowest BCUT2D eigenvalue weighted by Crippen LogP contribution is -2.08. The molecule has 0 atom stereocenters. The smallest absolute Gasteiger partial charge is 0.306 e. The molecular formula is C13H15FO4. The maximum atomic E-state index is 13.2. The van der Waals surface area contributed by atoms with Crippen LogP contribution in [0.3, 0.4) is 0 Å². The van der Waals surface area contributed by atoms with Crippen LogP contribution in [0.4, 0.5) is 4.39 Å². The highest BCUT2D eigenvalue weighted by molar-refractivity contribution is 5.97. The Balaban J connectivity index is 2.66. The molecule has 18 heavy (non-hydrogen) atoms. The largest absolute Gasteiger partial charge is 0.497 e. The van der Waals surface area contributed by atoms with Crippen molar-refractivity contribution in [1.82, 2.24) is 0 Å². The van der Waals surface area contributed by atoms with E-state index in [1.54, 1.807) is 6.92 Å². The Kier molecular flexibility index (Phi) is 5.30. The standard InChI is InChI=1S/C13H15FO4/c1-3-18-13(16)5-4-12(15)9-6-10(14)8-11(7-9)17-2/h6-8H,3-5H2,1-2H3. The zero-order valence-electron chi connectivity index (χ0n) is 10.4. The Labute approximate surface area is 105 Å². The Bertz CT molecular complexity index is 443. The van der Waals surface area contributed by atoms with E-state index in [4.69, 9.17) is 9.47 Å². The van der Waals surface area contributed by atoms with Crippen molar-refractivity contribution in [3.8, 4) is 5.75 Å². The maximum Gasteiger partial charge on any atom is 0.306 e. The quantitative estimate of drug-likeness (QED) is 0.577. The Morgan fingerprint density at radius 2 is 1.94 bits per heavy atom. The fourth-order valence-corrected chi connectivity index (χ4v) is 1.43. The van der Waals surface area contributed by atoms with E-state index < -0.39 is 11.8 Å². The summed E-state index contributed by atoms with van der Waals surface area (Å²) in [5.74, 6) is -1.03. The Morgan fingerprint density at radius 1 is 1.22 bits per heavy atom. The minimum Gasteiger partial charge on any atom is -0.497 e. The van der Waals surface area contributed by atoms with E-state index in [0.29, 0.717) is 0 Å². The van der Waals surface area contributed by atoms with Gasteiger partial charge in [-0.05, 0) is 19.1 Å². The predicted octanol–water partition coefficient (Wildman–Crippen LogP) is 2.36. The highest BCUT2D eigenvalue weighted by Crippen LogP contribution is 2.17. The summed E-state index contributed by atoms with van der Waals surface area (Å²) in [5, 5.41) is 0.